The Hall–Kier alpha value is -0.730. The molecule has 0 spiro atoms. The lowest BCUT2D eigenvalue weighted by Crippen LogP contribution is -2.25. The number of hydrogen-bond acceptors (Lipinski definition) is 2. The molecule has 3 heteroatoms. The summed E-state index contributed by atoms with van der Waals surface area (Å²) in [6.45, 7) is 7.58. The Labute approximate surface area is 109 Å². The molecule has 0 bridgehead atoms. The van der Waals surface area contributed by atoms with E-state index in [9.17, 15) is 0 Å². The van der Waals surface area contributed by atoms with E-state index in [-0.39, 0.29) is 0 Å². The van der Waals surface area contributed by atoms with E-state index >= 15 is 0 Å². The summed E-state index contributed by atoms with van der Waals surface area (Å²) in [5.74, 6) is 0. The molecule has 17 heavy (non-hydrogen) atoms. The molecule has 2 rings (SSSR count). The molecule has 1 aliphatic rings. The van der Waals surface area contributed by atoms with Gasteiger partial charge in [-0.1, -0.05) is 25.4 Å². The molecule has 1 aliphatic heterocycles. The monoisotopic (exact) mass is 252 g/mol. The van der Waals surface area contributed by atoms with Crippen molar-refractivity contribution in [3.8, 4) is 0 Å². The van der Waals surface area contributed by atoms with Gasteiger partial charge >= 0.3 is 0 Å². The summed E-state index contributed by atoms with van der Waals surface area (Å²) in [4.78, 5) is 2.47. The predicted molar refractivity (Wildman–Crippen MR) is 74.9 cm³/mol. The van der Waals surface area contributed by atoms with Gasteiger partial charge in [-0.15, -0.1) is 0 Å². The van der Waals surface area contributed by atoms with Crippen LogP contribution in [0.4, 0.5) is 5.69 Å². The molecular weight excluding hydrogens is 232 g/mol. The molecule has 2 nitrogen and oxygen atoms in total. The maximum absolute atomic E-state index is 6.09. The van der Waals surface area contributed by atoms with Gasteiger partial charge in [-0.25, -0.2) is 0 Å². The van der Waals surface area contributed by atoms with Crippen molar-refractivity contribution < 1.29 is 0 Å². The molecule has 1 fully saturated rings. The lowest BCUT2D eigenvalue weighted by atomic mass is 10.1. The maximum atomic E-state index is 6.09. The highest BCUT2D eigenvalue weighted by Crippen LogP contribution is 2.27. The normalized spacial score (nSPS) is 15.9. The molecule has 1 aromatic carbocycles. The molecule has 1 heterocycles. The lowest BCUT2D eigenvalue weighted by Gasteiger charge is -2.22. The van der Waals surface area contributed by atoms with E-state index in [1.54, 1.807) is 0 Å². The number of anilines is 1. The van der Waals surface area contributed by atoms with Crippen molar-refractivity contribution in [3.63, 3.8) is 0 Å². The van der Waals surface area contributed by atoms with Gasteiger partial charge in [0.15, 0.2) is 0 Å². The van der Waals surface area contributed by atoms with Crippen LogP contribution in [0.5, 0.6) is 0 Å². The van der Waals surface area contributed by atoms with Crippen LogP contribution in [0.15, 0.2) is 18.2 Å². The molecular formula is C14H21ClN2. The molecule has 1 saturated heterocycles. The van der Waals surface area contributed by atoms with Crippen molar-refractivity contribution in [1.29, 1.82) is 0 Å². The predicted octanol–water partition coefficient (Wildman–Crippen LogP) is 3.44. The highest BCUT2D eigenvalue weighted by molar-refractivity contribution is 6.30. The number of benzene rings is 1. The Morgan fingerprint density at radius 3 is 2.65 bits per heavy atom. The van der Waals surface area contributed by atoms with Crippen molar-refractivity contribution in [2.24, 2.45) is 0 Å². The fourth-order valence-electron chi connectivity index (χ4n) is 2.28. The van der Waals surface area contributed by atoms with E-state index in [2.05, 4.69) is 36.2 Å². The van der Waals surface area contributed by atoms with Crippen LogP contribution in [0.25, 0.3) is 0 Å². The molecule has 0 aliphatic carbocycles. The van der Waals surface area contributed by atoms with E-state index in [0.717, 1.165) is 11.6 Å². The average molecular weight is 253 g/mol. The first-order valence-electron chi connectivity index (χ1n) is 6.43. The average Bonchev–Trinajstić information content (AvgIpc) is 2.80. The SMILES string of the molecule is CC(C)NCc1cc(Cl)ccc1N1CCCC1. The summed E-state index contributed by atoms with van der Waals surface area (Å²) < 4.78 is 0. The molecule has 1 aromatic rings. The summed E-state index contributed by atoms with van der Waals surface area (Å²) in [5, 5.41) is 4.29. The van der Waals surface area contributed by atoms with Crippen LogP contribution in [-0.2, 0) is 6.54 Å². The molecule has 0 unspecified atom stereocenters. The van der Waals surface area contributed by atoms with Crippen LogP contribution in [0.2, 0.25) is 5.02 Å². The van der Waals surface area contributed by atoms with Gasteiger partial charge < -0.3 is 10.2 Å². The number of nitrogens with one attached hydrogen (secondary N) is 1. The topological polar surface area (TPSA) is 15.3 Å². The second kappa shape index (κ2) is 5.74. The first-order valence-corrected chi connectivity index (χ1v) is 6.81. The zero-order valence-corrected chi connectivity index (χ0v) is 11.4. The first-order chi connectivity index (χ1) is 8.16. The van der Waals surface area contributed by atoms with Crippen molar-refractivity contribution in [2.75, 3.05) is 18.0 Å². The summed E-state index contributed by atoms with van der Waals surface area (Å²) in [5.41, 5.74) is 2.66. The van der Waals surface area contributed by atoms with Crippen LogP contribution in [-0.4, -0.2) is 19.1 Å². The smallest absolute Gasteiger partial charge is 0.0412 e. The van der Waals surface area contributed by atoms with Crippen LogP contribution in [0.1, 0.15) is 32.3 Å². The van der Waals surface area contributed by atoms with E-state index in [0.29, 0.717) is 6.04 Å². The maximum Gasteiger partial charge on any atom is 0.0412 e. The van der Waals surface area contributed by atoms with Gasteiger partial charge in [-0.3, -0.25) is 0 Å². The number of rotatable bonds is 4. The molecule has 94 valence electrons. The minimum absolute atomic E-state index is 0.500. The third-order valence-corrected chi connectivity index (χ3v) is 3.42. The van der Waals surface area contributed by atoms with Crippen LogP contribution < -0.4 is 10.2 Å². The van der Waals surface area contributed by atoms with Crippen molar-refractivity contribution in [3.05, 3.63) is 28.8 Å². The molecule has 0 aromatic heterocycles. The van der Waals surface area contributed by atoms with Crippen molar-refractivity contribution >= 4 is 17.3 Å². The van der Waals surface area contributed by atoms with Crippen LogP contribution >= 0.6 is 11.6 Å². The third-order valence-electron chi connectivity index (χ3n) is 3.19. The Morgan fingerprint density at radius 2 is 2.00 bits per heavy atom. The second-order valence-electron chi connectivity index (χ2n) is 5.00. The second-order valence-corrected chi connectivity index (χ2v) is 5.44. The fourth-order valence-corrected chi connectivity index (χ4v) is 2.47. The highest BCUT2D eigenvalue weighted by atomic mass is 35.5. The summed E-state index contributed by atoms with van der Waals surface area (Å²) in [6, 6.07) is 6.74. The largest absolute Gasteiger partial charge is 0.371 e. The van der Waals surface area contributed by atoms with Crippen LogP contribution in [0, 0.1) is 0 Å². The highest BCUT2D eigenvalue weighted by Gasteiger charge is 2.15. The quantitative estimate of drug-likeness (QED) is 0.883. The summed E-state index contributed by atoms with van der Waals surface area (Å²) >= 11 is 6.09. The number of halogens is 1. The van der Waals surface area contributed by atoms with Crippen LogP contribution in [0.3, 0.4) is 0 Å². The van der Waals surface area contributed by atoms with E-state index in [4.69, 9.17) is 11.6 Å². The molecule has 0 saturated carbocycles. The standard InChI is InChI=1S/C14H21ClN2/c1-11(2)16-10-12-9-13(15)5-6-14(12)17-7-3-4-8-17/h5-6,9,11,16H,3-4,7-8,10H2,1-2H3. The van der Waals surface area contributed by atoms with Crippen molar-refractivity contribution in [1.82, 2.24) is 5.32 Å². The van der Waals surface area contributed by atoms with Gasteiger partial charge in [-0.05, 0) is 36.6 Å². The van der Waals surface area contributed by atoms with Gasteiger partial charge in [0.25, 0.3) is 0 Å². The van der Waals surface area contributed by atoms with E-state index < -0.39 is 0 Å². The van der Waals surface area contributed by atoms with Gasteiger partial charge in [-0.2, -0.15) is 0 Å². The number of nitrogens with zero attached hydrogens (tertiary/aromatic N) is 1. The van der Waals surface area contributed by atoms with Gasteiger partial charge in [0.1, 0.15) is 0 Å². The summed E-state index contributed by atoms with van der Waals surface area (Å²) in [7, 11) is 0. The lowest BCUT2D eigenvalue weighted by molar-refractivity contribution is 0.588. The zero-order valence-electron chi connectivity index (χ0n) is 10.7. The molecule has 0 atom stereocenters. The van der Waals surface area contributed by atoms with Gasteiger partial charge in [0.05, 0.1) is 0 Å². The molecule has 0 amide bonds. The minimum atomic E-state index is 0.500. The summed E-state index contributed by atoms with van der Waals surface area (Å²) in [6.07, 6.45) is 2.61. The minimum Gasteiger partial charge on any atom is -0.371 e. The van der Waals surface area contributed by atoms with Crippen molar-refractivity contribution in [2.45, 2.75) is 39.3 Å². The Kier molecular flexibility index (Phi) is 4.30. The third kappa shape index (κ3) is 3.36. The number of hydrogen-bond donors (Lipinski definition) is 1. The van der Waals surface area contributed by atoms with E-state index in [1.807, 2.05) is 6.07 Å². The fraction of sp³-hybridized carbons (Fsp3) is 0.571. The molecule has 1 N–H and O–H groups in total. The Morgan fingerprint density at radius 1 is 1.29 bits per heavy atom. The zero-order chi connectivity index (χ0) is 12.3. The Balaban J connectivity index is 2.17. The van der Waals surface area contributed by atoms with Gasteiger partial charge in [0, 0.05) is 36.4 Å². The van der Waals surface area contributed by atoms with E-state index in [1.165, 1.54) is 37.2 Å². The molecule has 0 radical (unpaired) electrons. The van der Waals surface area contributed by atoms with Gasteiger partial charge in [0.2, 0.25) is 0 Å². The first kappa shape index (κ1) is 12.7. The Bertz CT molecular complexity index is 370.